The SMILES string of the molecule is Cc1c(C(=O)O)cnn1-c1ccc(S(N)(=O)=O)cc1. The third-order valence-electron chi connectivity index (χ3n) is 2.65. The first-order valence-corrected chi connectivity index (χ1v) is 6.76. The largest absolute Gasteiger partial charge is 0.478 e. The monoisotopic (exact) mass is 281 g/mol. The lowest BCUT2D eigenvalue weighted by molar-refractivity contribution is 0.0696. The van der Waals surface area contributed by atoms with Crippen LogP contribution in [0.15, 0.2) is 35.4 Å². The lowest BCUT2D eigenvalue weighted by Crippen LogP contribution is -2.12. The molecule has 2 rings (SSSR count). The van der Waals surface area contributed by atoms with Gasteiger partial charge in [-0.3, -0.25) is 0 Å². The van der Waals surface area contributed by atoms with Crippen LogP contribution < -0.4 is 5.14 Å². The molecule has 0 aliphatic carbocycles. The van der Waals surface area contributed by atoms with Crippen molar-refractivity contribution in [1.82, 2.24) is 9.78 Å². The van der Waals surface area contributed by atoms with E-state index < -0.39 is 16.0 Å². The van der Waals surface area contributed by atoms with Crippen LogP contribution in [-0.4, -0.2) is 29.3 Å². The molecule has 0 fully saturated rings. The van der Waals surface area contributed by atoms with Crippen molar-refractivity contribution in [2.45, 2.75) is 11.8 Å². The summed E-state index contributed by atoms with van der Waals surface area (Å²) < 4.78 is 23.7. The maximum atomic E-state index is 11.1. The van der Waals surface area contributed by atoms with Crippen LogP contribution in [0.25, 0.3) is 5.69 Å². The van der Waals surface area contributed by atoms with Gasteiger partial charge in [0.25, 0.3) is 0 Å². The van der Waals surface area contributed by atoms with Crippen LogP contribution in [0.5, 0.6) is 0 Å². The number of rotatable bonds is 3. The number of primary sulfonamides is 1. The van der Waals surface area contributed by atoms with Crippen LogP contribution >= 0.6 is 0 Å². The lowest BCUT2D eigenvalue weighted by atomic mass is 10.2. The van der Waals surface area contributed by atoms with E-state index in [4.69, 9.17) is 10.2 Å². The van der Waals surface area contributed by atoms with Gasteiger partial charge in [0.1, 0.15) is 5.56 Å². The zero-order chi connectivity index (χ0) is 14.2. The summed E-state index contributed by atoms with van der Waals surface area (Å²) in [5.74, 6) is -1.06. The average Bonchev–Trinajstić information content (AvgIpc) is 2.70. The van der Waals surface area contributed by atoms with Gasteiger partial charge in [0.05, 0.1) is 22.5 Å². The molecule has 1 aromatic heterocycles. The molecule has 100 valence electrons. The van der Waals surface area contributed by atoms with Crippen molar-refractivity contribution in [2.75, 3.05) is 0 Å². The van der Waals surface area contributed by atoms with Gasteiger partial charge in [0.2, 0.25) is 10.0 Å². The van der Waals surface area contributed by atoms with E-state index in [1.54, 1.807) is 6.92 Å². The molecule has 0 aliphatic heterocycles. The Morgan fingerprint density at radius 2 is 1.89 bits per heavy atom. The first-order chi connectivity index (χ1) is 8.80. The Kier molecular flexibility index (Phi) is 3.13. The van der Waals surface area contributed by atoms with Crippen LogP contribution in [0.3, 0.4) is 0 Å². The molecule has 0 bridgehead atoms. The Morgan fingerprint density at radius 1 is 1.32 bits per heavy atom. The Morgan fingerprint density at radius 3 is 2.32 bits per heavy atom. The highest BCUT2D eigenvalue weighted by Gasteiger charge is 2.14. The summed E-state index contributed by atoms with van der Waals surface area (Å²) in [5, 5.41) is 17.9. The van der Waals surface area contributed by atoms with Gasteiger partial charge in [-0.2, -0.15) is 5.10 Å². The number of nitrogens with two attached hydrogens (primary N) is 1. The minimum absolute atomic E-state index is 0.0143. The van der Waals surface area contributed by atoms with Gasteiger partial charge in [-0.1, -0.05) is 0 Å². The highest BCUT2D eigenvalue weighted by molar-refractivity contribution is 7.89. The molecule has 7 nitrogen and oxygen atoms in total. The van der Waals surface area contributed by atoms with Crippen LogP contribution in [0, 0.1) is 6.92 Å². The minimum atomic E-state index is -3.74. The van der Waals surface area contributed by atoms with E-state index >= 15 is 0 Å². The molecule has 0 saturated heterocycles. The van der Waals surface area contributed by atoms with E-state index in [-0.39, 0.29) is 10.5 Å². The van der Waals surface area contributed by atoms with Gasteiger partial charge in [-0.25, -0.2) is 23.0 Å². The van der Waals surface area contributed by atoms with Gasteiger partial charge in [-0.05, 0) is 31.2 Å². The average molecular weight is 281 g/mol. The predicted molar refractivity (Wildman–Crippen MR) is 66.6 cm³/mol. The molecule has 0 amide bonds. The summed E-state index contributed by atoms with van der Waals surface area (Å²) in [7, 11) is -3.74. The topological polar surface area (TPSA) is 115 Å². The highest BCUT2D eigenvalue weighted by atomic mass is 32.2. The zero-order valence-electron chi connectivity index (χ0n) is 9.94. The summed E-state index contributed by atoms with van der Waals surface area (Å²) >= 11 is 0. The van der Waals surface area contributed by atoms with Crippen molar-refractivity contribution in [2.24, 2.45) is 5.14 Å². The third kappa shape index (κ3) is 2.49. The van der Waals surface area contributed by atoms with Crippen molar-refractivity contribution in [3.05, 3.63) is 41.7 Å². The smallest absolute Gasteiger partial charge is 0.339 e. The van der Waals surface area contributed by atoms with E-state index in [2.05, 4.69) is 5.10 Å². The Balaban J connectivity index is 2.46. The molecule has 1 aromatic carbocycles. The molecule has 0 saturated carbocycles. The maximum absolute atomic E-state index is 11.1. The number of sulfonamides is 1. The van der Waals surface area contributed by atoms with E-state index in [9.17, 15) is 13.2 Å². The zero-order valence-corrected chi connectivity index (χ0v) is 10.8. The molecular formula is C11H11N3O4S. The first-order valence-electron chi connectivity index (χ1n) is 5.22. The van der Waals surface area contributed by atoms with Crippen molar-refractivity contribution in [3.63, 3.8) is 0 Å². The second-order valence-electron chi connectivity index (χ2n) is 3.90. The molecular weight excluding hydrogens is 270 g/mol. The summed E-state index contributed by atoms with van der Waals surface area (Å²) in [4.78, 5) is 10.9. The van der Waals surface area contributed by atoms with E-state index in [0.29, 0.717) is 11.4 Å². The van der Waals surface area contributed by atoms with Crippen molar-refractivity contribution >= 4 is 16.0 Å². The van der Waals surface area contributed by atoms with Crippen molar-refractivity contribution in [3.8, 4) is 5.69 Å². The van der Waals surface area contributed by atoms with Gasteiger partial charge >= 0.3 is 5.97 Å². The summed E-state index contributed by atoms with van der Waals surface area (Å²) in [6.07, 6.45) is 1.24. The maximum Gasteiger partial charge on any atom is 0.339 e. The minimum Gasteiger partial charge on any atom is -0.478 e. The molecule has 0 aliphatic rings. The fraction of sp³-hybridized carbons (Fsp3) is 0.0909. The molecule has 19 heavy (non-hydrogen) atoms. The molecule has 0 unspecified atom stereocenters. The van der Waals surface area contributed by atoms with Crippen molar-refractivity contribution < 1.29 is 18.3 Å². The van der Waals surface area contributed by atoms with Gasteiger partial charge in [0.15, 0.2) is 0 Å². The number of carbonyl (C=O) groups is 1. The Bertz CT molecular complexity index is 732. The Labute approximate surface area is 109 Å². The Hall–Kier alpha value is -2.19. The molecule has 0 spiro atoms. The fourth-order valence-electron chi connectivity index (χ4n) is 1.66. The first kappa shape index (κ1) is 13.2. The molecule has 1 heterocycles. The molecule has 2 aromatic rings. The van der Waals surface area contributed by atoms with Crippen LogP contribution in [0.2, 0.25) is 0 Å². The van der Waals surface area contributed by atoms with Gasteiger partial charge in [0, 0.05) is 0 Å². The van der Waals surface area contributed by atoms with Crippen LogP contribution in [0.1, 0.15) is 16.1 Å². The fourth-order valence-corrected chi connectivity index (χ4v) is 2.17. The molecule has 8 heteroatoms. The normalized spacial score (nSPS) is 11.5. The summed E-state index contributed by atoms with van der Waals surface area (Å²) in [6.45, 7) is 1.62. The standard InChI is InChI=1S/C11H11N3O4S/c1-7-10(11(15)16)6-13-14(7)8-2-4-9(5-3-8)19(12,17)18/h2-6H,1H3,(H,15,16)(H2,12,17,18). The number of aromatic nitrogens is 2. The predicted octanol–water partition coefficient (Wildman–Crippen LogP) is 0.526. The number of nitrogens with zero attached hydrogens (tertiary/aromatic N) is 2. The number of benzene rings is 1. The molecule has 0 atom stereocenters. The number of hydrogen-bond acceptors (Lipinski definition) is 4. The van der Waals surface area contributed by atoms with Gasteiger partial charge < -0.3 is 5.11 Å². The third-order valence-corrected chi connectivity index (χ3v) is 3.58. The highest BCUT2D eigenvalue weighted by Crippen LogP contribution is 2.16. The van der Waals surface area contributed by atoms with Gasteiger partial charge in [-0.15, -0.1) is 0 Å². The van der Waals surface area contributed by atoms with E-state index in [1.807, 2.05) is 0 Å². The number of carboxylic acid groups (broad SMARTS) is 1. The quantitative estimate of drug-likeness (QED) is 0.851. The number of aromatic carboxylic acids is 1. The molecule has 0 radical (unpaired) electrons. The molecule has 3 N–H and O–H groups in total. The second kappa shape index (κ2) is 4.48. The van der Waals surface area contributed by atoms with Crippen molar-refractivity contribution in [1.29, 1.82) is 0 Å². The number of carboxylic acids is 1. The summed E-state index contributed by atoms with van der Waals surface area (Å²) in [5.41, 5.74) is 1.10. The summed E-state index contributed by atoms with van der Waals surface area (Å²) in [6, 6.07) is 5.69. The lowest BCUT2D eigenvalue weighted by Gasteiger charge is -2.05. The van der Waals surface area contributed by atoms with Crippen LogP contribution in [0.4, 0.5) is 0 Å². The van der Waals surface area contributed by atoms with Crippen LogP contribution in [-0.2, 0) is 10.0 Å². The number of hydrogen-bond donors (Lipinski definition) is 2. The second-order valence-corrected chi connectivity index (χ2v) is 5.46. The van der Waals surface area contributed by atoms with E-state index in [0.717, 1.165) is 0 Å². The van der Waals surface area contributed by atoms with E-state index in [1.165, 1.54) is 35.1 Å².